The number of aromatic nitrogens is 1. The van der Waals surface area contributed by atoms with E-state index in [9.17, 15) is 4.79 Å². The monoisotopic (exact) mass is 436 g/mol. The highest BCUT2D eigenvalue weighted by atomic mass is 79.9. The number of nitrogens with zero attached hydrogens (tertiary/aromatic N) is 2. The van der Waals surface area contributed by atoms with Crippen LogP contribution in [0.2, 0.25) is 0 Å². The first-order chi connectivity index (χ1) is 12.0. The minimum absolute atomic E-state index is 0.0658. The average molecular weight is 437 g/mol. The molecule has 2 aromatic heterocycles. The van der Waals surface area contributed by atoms with Gasteiger partial charge < -0.3 is 9.64 Å². The number of thiophene rings is 1. The van der Waals surface area contributed by atoms with E-state index in [1.54, 1.807) is 34.7 Å². The summed E-state index contributed by atoms with van der Waals surface area (Å²) in [5, 5.41) is 2.86. The molecule has 3 rings (SSSR count). The molecule has 4 nitrogen and oxygen atoms in total. The molecule has 0 aliphatic carbocycles. The Hall–Kier alpha value is -1.70. The van der Waals surface area contributed by atoms with Crippen LogP contribution in [0, 0.1) is 0 Å². The van der Waals surface area contributed by atoms with Crippen LogP contribution in [0.4, 0.5) is 0 Å². The topological polar surface area (TPSA) is 42.4 Å². The van der Waals surface area contributed by atoms with E-state index < -0.39 is 0 Å². The van der Waals surface area contributed by atoms with Crippen LogP contribution in [-0.4, -0.2) is 29.9 Å². The maximum absolute atomic E-state index is 12.4. The largest absolute Gasteiger partial charge is 0.497 e. The van der Waals surface area contributed by atoms with E-state index in [1.807, 2.05) is 48.8 Å². The summed E-state index contributed by atoms with van der Waals surface area (Å²) >= 11 is 6.64. The van der Waals surface area contributed by atoms with E-state index in [4.69, 9.17) is 4.74 Å². The van der Waals surface area contributed by atoms with Crippen LogP contribution in [0.25, 0.3) is 10.6 Å². The zero-order valence-electron chi connectivity index (χ0n) is 13.9. The number of halogens is 1. The Balaban J connectivity index is 1.62. The lowest BCUT2D eigenvalue weighted by atomic mass is 10.2. The summed E-state index contributed by atoms with van der Waals surface area (Å²) in [4.78, 5) is 19.9. The molecule has 1 aromatic carbocycles. The van der Waals surface area contributed by atoms with Gasteiger partial charge in [-0.2, -0.15) is 0 Å². The second-order valence-electron chi connectivity index (χ2n) is 5.50. The Labute approximate surface area is 163 Å². The third-order valence-electron chi connectivity index (χ3n) is 3.67. The average Bonchev–Trinajstić information content (AvgIpc) is 3.24. The lowest BCUT2D eigenvalue weighted by Gasteiger charge is -2.15. The predicted octanol–water partition coefficient (Wildman–Crippen LogP) is 4.84. The zero-order valence-corrected chi connectivity index (χ0v) is 17.1. The summed E-state index contributed by atoms with van der Waals surface area (Å²) in [6, 6.07) is 11.8. The smallest absolute Gasteiger partial charge is 0.228 e. The lowest BCUT2D eigenvalue weighted by molar-refractivity contribution is -0.129. The Kier molecular flexibility index (Phi) is 5.88. The van der Waals surface area contributed by atoms with Crippen molar-refractivity contribution >= 4 is 44.5 Å². The van der Waals surface area contributed by atoms with Gasteiger partial charge in [0.1, 0.15) is 10.8 Å². The van der Waals surface area contributed by atoms with Crippen molar-refractivity contribution in [3.8, 4) is 16.3 Å². The minimum Gasteiger partial charge on any atom is -0.497 e. The van der Waals surface area contributed by atoms with Gasteiger partial charge in [0.25, 0.3) is 0 Å². The van der Waals surface area contributed by atoms with E-state index >= 15 is 0 Å². The first-order valence-electron chi connectivity index (χ1n) is 7.62. The SMILES string of the molecule is COc1ccc(-c2nc(CC(=O)N(C)Cc3ccc(Br)s3)cs2)cc1. The highest BCUT2D eigenvalue weighted by molar-refractivity contribution is 9.11. The van der Waals surface area contributed by atoms with Crippen molar-refractivity contribution < 1.29 is 9.53 Å². The van der Waals surface area contributed by atoms with Gasteiger partial charge in [-0.1, -0.05) is 0 Å². The van der Waals surface area contributed by atoms with Gasteiger partial charge >= 0.3 is 0 Å². The number of ether oxygens (including phenoxy) is 1. The predicted molar refractivity (Wildman–Crippen MR) is 106 cm³/mol. The summed E-state index contributed by atoms with van der Waals surface area (Å²) in [7, 11) is 3.47. The van der Waals surface area contributed by atoms with Gasteiger partial charge in [-0.05, 0) is 52.3 Å². The number of amides is 1. The van der Waals surface area contributed by atoms with Gasteiger partial charge in [-0.25, -0.2) is 4.98 Å². The number of hydrogen-bond acceptors (Lipinski definition) is 5. The number of methoxy groups -OCH3 is 1. The normalized spacial score (nSPS) is 10.7. The first-order valence-corrected chi connectivity index (χ1v) is 10.1. The minimum atomic E-state index is 0.0658. The summed E-state index contributed by atoms with van der Waals surface area (Å²) < 4.78 is 6.25. The number of benzene rings is 1. The molecule has 0 atom stereocenters. The Morgan fingerprint density at radius 1 is 1.24 bits per heavy atom. The maximum atomic E-state index is 12.4. The second kappa shape index (κ2) is 8.12. The fraction of sp³-hybridized carbons (Fsp3) is 0.222. The maximum Gasteiger partial charge on any atom is 0.228 e. The van der Waals surface area contributed by atoms with Crippen LogP contribution in [-0.2, 0) is 17.8 Å². The molecule has 0 fully saturated rings. The van der Waals surface area contributed by atoms with Crippen molar-refractivity contribution in [2.45, 2.75) is 13.0 Å². The molecule has 2 heterocycles. The molecule has 0 saturated carbocycles. The van der Waals surface area contributed by atoms with Crippen molar-refractivity contribution in [3.05, 3.63) is 56.1 Å². The van der Waals surface area contributed by atoms with Gasteiger partial charge in [0.2, 0.25) is 5.91 Å². The molecule has 130 valence electrons. The van der Waals surface area contributed by atoms with Crippen LogP contribution < -0.4 is 4.74 Å². The highest BCUT2D eigenvalue weighted by Gasteiger charge is 2.14. The molecule has 25 heavy (non-hydrogen) atoms. The van der Waals surface area contributed by atoms with Crippen LogP contribution in [0.3, 0.4) is 0 Å². The molecule has 0 aliphatic rings. The van der Waals surface area contributed by atoms with Crippen LogP contribution in [0.1, 0.15) is 10.6 Å². The standard InChI is InChI=1S/C18H17BrN2O2S2/c1-21(10-15-7-8-16(19)25-15)17(22)9-13-11-24-18(20-13)12-3-5-14(23-2)6-4-12/h3-8,11H,9-10H2,1-2H3. The number of carbonyl (C=O) groups is 1. The van der Waals surface area contributed by atoms with Gasteiger partial charge in [0.15, 0.2) is 0 Å². The van der Waals surface area contributed by atoms with Gasteiger partial charge in [0.05, 0.1) is 29.6 Å². The summed E-state index contributed by atoms with van der Waals surface area (Å²) in [5.41, 5.74) is 1.83. The molecule has 0 unspecified atom stereocenters. The van der Waals surface area contributed by atoms with Crippen LogP contribution in [0.15, 0.2) is 45.6 Å². The summed E-state index contributed by atoms with van der Waals surface area (Å²) in [5.74, 6) is 0.883. The molecule has 3 aromatic rings. The van der Waals surface area contributed by atoms with E-state index in [-0.39, 0.29) is 5.91 Å². The van der Waals surface area contributed by atoms with Crippen LogP contribution in [0.5, 0.6) is 5.75 Å². The molecule has 0 radical (unpaired) electrons. The molecule has 1 amide bonds. The van der Waals surface area contributed by atoms with Crippen molar-refractivity contribution in [2.24, 2.45) is 0 Å². The number of thiazole rings is 1. The third-order valence-corrected chi connectivity index (χ3v) is 6.22. The zero-order chi connectivity index (χ0) is 17.8. The van der Waals surface area contributed by atoms with Crippen molar-refractivity contribution in [1.29, 1.82) is 0 Å². The highest BCUT2D eigenvalue weighted by Crippen LogP contribution is 2.26. The van der Waals surface area contributed by atoms with Crippen molar-refractivity contribution in [2.75, 3.05) is 14.2 Å². The number of hydrogen-bond donors (Lipinski definition) is 0. The second-order valence-corrected chi connectivity index (χ2v) is 8.91. The molecule has 0 bridgehead atoms. The quantitative estimate of drug-likeness (QED) is 0.554. The Morgan fingerprint density at radius 2 is 2.00 bits per heavy atom. The third kappa shape index (κ3) is 4.68. The molecule has 7 heteroatoms. The van der Waals surface area contributed by atoms with E-state index in [2.05, 4.69) is 20.9 Å². The fourth-order valence-electron chi connectivity index (χ4n) is 2.30. The molecule has 0 aliphatic heterocycles. The first kappa shape index (κ1) is 18.1. The van der Waals surface area contributed by atoms with E-state index in [1.165, 1.54) is 0 Å². The number of likely N-dealkylation sites (N-methyl/N-ethyl adjacent to an activating group) is 1. The van der Waals surface area contributed by atoms with E-state index in [0.29, 0.717) is 13.0 Å². The molecule has 0 N–H and O–H groups in total. The number of rotatable bonds is 6. The van der Waals surface area contributed by atoms with Crippen LogP contribution >= 0.6 is 38.6 Å². The molecular formula is C18H17BrN2O2S2. The van der Waals surface area contributed by atoms with E-state index in [0.717, 1.165) is 30.7 Å². The van der Waals surface area contributed by atoms with Crippen molar-refractivity contribution in [1.82, 2.24) is 9.88 Å². The molecule has 0 saturated heterocycles. The Bertz CT molecular complexity index is 858. The molecule has 0 spiro atoms. The van der Waals surface area contributed by atoms with Gasteiger partial charge in [-0.15, -0.1) is 22.7 Å². The summed E-state index contributed by atoms with van der Waals surface area (Å²) in [6.45, 7) is 0.616. The number of carbonyl (C=O) groups excluding carboxylic acids is 1. The molecular weight excluding hydrogens is 420 g/mol. The Morgan fingerprint density at radius 3 is 2.64 bits per heavy atom. The lowest BCUT2D eigenvalue weighted by Crippen LogP contribution is -2.27. The van der Waals surface area contributed by atoms with Gasteiger partial charge in [0, 0.05) is 22.9 Å². The fourth-order valence-corrected chi connectivity index (χ4v) is 4.67. The van der Waals surface area contributed by atoms with Gasteiger partial charge in [-0.3, -0.25) is 4.79 Å². The summed E-state index contributed by atoms with van der Waals surface area (Å²) in [6.07, 6.45) is 0.315. The van der Waals surface area contributed by atoms with Crippen molar-refractivity contribution in [3.63, 3.8) is 0 Å².